The zero-order valence-corrected chi connectivity index (χ0v) is 16.8. The summed E-state index contributed by atoms with van der Waals surface area (Å²) >= 11 is 0. The predicted octanol–water partition coefficient (Wildman–Crippen LogP) is 3.09. The number of rotatable bonds is 8. The van der Waals surface area contributed by atoms with Gasteiger partial charge in [-0.2, -0.15) is 0 Å². The number of aliphatic hydroxyl groups excluding tert-OH is 2. The van der Waals surface area contributed by atoms with Crippen molar-refractivity contribution < 1.29 is 24.5 Å². The van der Waals surface area contributed by atoms with Gasteiger partial charge >= 0.3 is 5.97 Å². The van der Waals surface area contributed by atoms with Gasteiger partial charge in [0.15, 0.2) is 12.2 Å². The smallest absolute Gasteiger partial charge is 0.338 e. The van der Waals surface area contributed by atoms with Crippen LogP contribution in [0.5, 0.6) is 0 Å². The van der Waals surface area contributed by atoms with Crippen molar-refractivity contribution in [3.63, 3.8) is 0 Å². The highest BCUT2D eigenvalue weighted by Gasteiger charge is 2.67. The molecule has 7 atom stereocenters. The molecule has 0 amide bonds. The number of hydrogen-bond donors (Lipinski definition) is 2. The number of esters is 1. The predicted molar refractivity (Wildman–Crippen MR) is 105 cm³/mol. The van der Waals surface area contributed by atoms with Crippen LogP contribution in [-0.2, 0) is 14.3 Å². The van der Waals surface area contributed by atoms with Crippen LogP contribution in [0.2, 0.25) is 0 Å². The second-order valence-electron chi connectivity index (χ2n) is 7.97. The molecule has 2 saturated heterocycles. The van der Waals surface area contributed by atoms with Crippen LogP contribution in [0.4, 0.5) is 0 Å². The molecule has 0 aromatic rings. The van der Waals surface area contributed by atoms with E-state index in [9.17, 15) is 15.0 Å². The molecule has 0 bridgehead atoms. The van der Waals surface area contributed by atoms with Crippen molar-refractivity contribution in [3.05, 3.63) is 48.1 Å². The maximum absolute atomic E-state index is 11.6. The van der Waals surface area contributed by atoms with Gasteiger partial charge in [0.2, 0.25) is 0 Å². The van der Waals surface area contributed by atoms with Gasteiger partial charge in [-0.05, 0) is 45.1 Å². The van der Waals surface area contributed by atoms with Crippen LogP contribution in [0.15, 0.2) is 48.1 Å². The van der Waals surface area contributed by atoms with E-state index in [2.05, 4.69) is 26.0 Å². The van der Waals surface area contributed by atoms with Gasteiger partial charge in [-0.1, -0.05) is 55.9 Å². The van der Waals surface area contributed by atoms with E-state index in [0.717, 1.165) is 6.42 Å². The summed E-state index contributed by atoms with van der Waals surface area (Å²) < 4.78 is 10.7. The molecule has 2 unspecified atom stereocenters. The second-order valence-corrected chi connectivity index (χ2v) is 7.97. The van der Waals surface area contributed by atoms with Crippen LogP contribution in [0, 0.1) is 11.8 Å². The highest BCUT2D eigenvalue weighted by atomic mass is 16.7. The maximum Gasteiger partial charge on any atom is 0.338 e. The highest BCUT2D eigenvalue weighted by molar-refractivity contribution is 5.78. The van der Waals surface area contributed by atoms with Gasteiger partial charge in [0.25, 0.3) is 0 Å². The van der Waals surface area contributed by atoms with Gasteiger partial charge in [-0.25, -0.2) is 4.79 Å². The van der Waals surface area contributed by atoms with Crippen LogP contribution >= 0.6 is 0 Å². The number of ether oxygens (including phenoxy) is 2. The third-order valence-electron chi connectivity index (χ3n) is 5.26. The summed E-state index contributed by atoms with van der Waals surface area (Å²) in [6, 6.07) is 0. The Balaban J connectivity index is 1.80. The first kappa shape index (κ1) is 21.6. The van der Waals surface area contributed by atoms with Crippen LogP contribution in [0.3, 0.4) is 0 Å². The molecule has 5 heteroatoms. The van der Waals surface area contributed by atoms with E-state index >= 15 is 0 Å². The Morgan fingerprint density at radius 1 is 1.22 bits per heavy atom. The SMILES string of the molecule is C/C(=C\C=C\[C@@H](C)C(C)O)C[C@@H](C)/C=C/C=C/C1OC(=O)[C@H](O)[C@@H]2O[C@]12C. The fourth-order valence-corrected chi connectivity index (χ4v) is 3.13. The summed E-state index contributed by atoms with van der Waals surface area (Å²) in [4.78, 5) is 11.6. The quantitative estimate of drug-likeness (QED) is 0.387. The fourth-order valence-electron chi connectivity index (χ4n) is 3.13. The standard InChI is InChI=1S/C22H32O5/c1-14(13-15(2)10-8-11-16(3)17(4)23)9-6-7-12-18-22(5)20(27-22)19(24)21(25)26-18/h6-12,14,16-20,23-24H,13H2,1-5H3/b9-6+,11-8+,12-7+,15-10+/t14-,16+,17?,18?,19+,20-,22+/m0/s1. The largest absolute Gasteiger partial charge is 0.453 e. The molecule has 2 fully saturated rings. The first-order valence-electron chi connectivity index (χ1n) is 9.58. The molecule has 0 aromatic heterocycles. The van der Waals surface area contributed by atoms with Gasteiger partial charge < -0.3 is 19.7 Å². The molecule has 0 saturated carbocycles. The van der Waals surface area contributed by atoms with E-state index in [1.54, 1.807) is 13.0 Å². The van der Waals surface area contributed by atoms with Crippen LogP contribution in [0.1, 0.15) is 41.0 Å². The minimum Gasteiger partial charge on any atom is -0.453 e. The number of fused-ring (bicyclic) bond motifs is 1. The van der Waals surface area contributed by atoms with Gasteiger partial charge in [0.1, 0.15) is 11.7 Å². The van der Waals surface area contributed by atoms with E-state index < -0.39 is 29.9 Å². The number of hydrogen-bond acceptors (Lipinski definition) is 5. The van der Waals surface area contributed by atoms with Crippen molar-refractivity contribution >= 4 is 5.97 Å². The molecule has 2 N–H and O–H groups in total. The van der Waals surface area contributed by atoms with Crippen molar-refractivity contribution in [2.45, 2.75) is 71.1 Å². The van der Waals surface area contributed by atoms with E-state index in [1.807, 2.05) is 38.2 Å². The molecule has 2 aliphatic rings. The molecular weight excluding hydrogens is 344 g/mol. The number of aliphatic hydroxyl groups is 2. The van der Waals surface area contributed by atoms with E-state index in [0.29, 0.717) is 5.92 Å². The maximum atomic E-state index is 11.6. The Hall–Kier alpha value is -1.69. The second kappa shape index (κ2) is 9.00. The Labute approximate surface area is 162 Å². The first-order valence-corrected chi connectivity index (χ1v) is 9.58. The lowest BCUT2D eigenvalue weighted by atomic mass is 9.94. The minimum absolute atomic E-state index is 0.142. The Bertz CT molecular complexity index is 645. The zero-order valence-electron chi connectivity index (χ0n) is 16.8. The molecule has 0 aromatic carbocycles. The third kappa shape index (κ3) is 5.64. The summed E-state index contributed by atoms with van der Waals surface area (Å²) in [6.45, 7) is 9.85. The van der Waals surface area contributed by atoms with Crippen molar-refractivity contribution in [1.82, 2.24) is 0 Å². The normalized spacial score (nSPS) is 34.7. The highest BCUT2D eigenvalue weighted by Crippen LogP contribution is 2.46. The molecular formula is C22H32O5. The fraction of sp³-hybridized carbons (Fsp3) is 0.591. The monoisotopic (exact) mass is 376 g/mol. The third-order valence-corrected chi connectivity index (χ3v) is 5.26. The molecule has 2 aliphatic heterocycles. The van der Waals surface area contributed by atoms with Crippen LogP contribution in [-0.4, -0.2) is 46.2 Å². The summed E-state index contributed by atoms with van der Waals surface area (Å²) in [5.41, 5.74) is 0.653. The molecule has 27 heavy (non-hydrogen) atoms. The number of epoxide rings is 1. The molecule has 150 valence electrons. The lowest BCUT2D eigenvalue weighted by Crippen LogP contribution is -2.46. The van der Waals surface area contributed by atoms with Gasteiger partial charge in [-0.15, -0.1) is 0 Å². The van der Waals surface area contributed by atoms with Crippen molar-refractivity contribution in [3.8, 4) is 0 Å². The van der Waals surface area contributed by atoms with Gasteiger partial charge in [0.05, 0.1) is 6.10 Å². The lowest BCUT2D eigenvalue weighted by Gasteiger charge is -2.25. The molecule has 2 heterocycles. The molecule has 0 radical (unpaired) electrons. The number of carbonyl (C=O) groups is 1. The zero-order chi connectivity index (χ0) is 20.2. The molecule has 0 spiro atoms. The summed E-state index contributed by atoms with van der Waals surface area (Å²) in [5, 5.41) is 19.1. The van der Waals surface area contributed by atoms with E-state index in [-0.39, 0.29) is 12.0 Å². The lowest BCUT2D eigenvalue weighted by molar-refractivity contribution is -0.162. The average Bonchev–Trinajstić information content (AvgIpc) is 3.29. The van der Waals surface area contributed by atoms with Crippen molar-refractivity contribution in [1.29, 1.82) is 0 Å². The number of allylic oxidation sites excluding steroid dienone is 6. The number of carbonyl (C=O) groups excluding carboxylic acids is 1. The summed E-state index contributed by atoms with van der Waals surface area (Å²) in [6.07, 6.45) is 12.3. The molecule has 5 nitrogen and oxygen atoms in total. The van der Waals surface area contributed by atoms with E-state index in [1.165, 1.54) is 5.57 Å². The Morgan fingerprint density at radius 2 is 1.93 bits per heavy atom. The summed E-state index contributed by atoms with van der Waals surface area (Å²) in [7, 11) is 0. The minimum atomic E-state index is -1.18. The summed E-state index contributed by atoms with van der Waals surface area (Å²) in [5.74, 6) is -0.117. The Morgan fingerprint density at radius 3 is 2.59 bits per heavy atom. The van der Waals surface area contributed by atoms with Crippen molar-refractivity contribution in [2.75, 3.05) is 0 Å². The Kier molecular flexibility index (Phi) is 7.20. The first-order chi connectivity index (χ1) is 12.6. The van der Waals surface area contributed by atoms with Crippen LogP contribution < -0.4 is 0 Å². The topological polar surface area (TPSA) is 79.3 Å². The van der Waals surface area contributed by atoms with Gasteiger partial charge in [-0.3, -0.25) is 0 Å². The van der Waals surface area contributed by atoms with E-state index in [4.69, 9.17) is 9.47 Å². The molecule has 0 aliphatic carbocycles. The van der Waals surface area contributed by atoms with Gasteiger partial charge in [0, 0.05) is 0 Å². The van der Waals surface area contributed by atoms with Crippen LogP contribution in [0.25, 0.3) is 0 Å². The molecule has 2 rings (SSSR count). The van der Waals surface area contributed by atoms with Crippen molar-refractivity contribution in [2.24, 2.45) is 11.8 Å². The number of cyclic esters (lactones) is 1. The average molecular weight is 376 g/mol.